The Morgan fingerprint density at radius 3 is 2.60 bits per heavy atom. The van der Waals surface area contributed by atoms with Gasteiger partial charge in [-0.1, -0.05) is 0 Å². The molecular formula is C20H37N5O5. The highest BCUT2D eigenvalue weighted by Gasteiger charge is 2.25. The second kappa shape index (κ2) is 12.6. The fraction of sp³-hybridized carbons (Fsp3) is 0.850. The SMILES string of the molecule is CCOC(=O)N1CCC(NC(=NCC(=O)N(C)C)NC(C)COC2CCOC2)CC1. The number of hydrogen-bond acceptors (Lipinski definition) is 6. The number of likely N-dealkylation sites (N-methyl/N-ethyl adjacent to an activating group) is 1. The summed E-state index contributed by atoms with van der Waals surface area (Å²) in [6.07, 6.45) is 2.37. The first-order valence-corrected chi connectivity index (χ1v) is 10.8. The summed E-state index contributed by atoms with van der Waals surface area (Å²) in [5, 5.41) is 6.74. The maximum Gasteiger partial charge on any atom is 0.409 e. The van der Waals surface area contributed by atoms with Gasteiger partial charge in [0.2, 0.25) is 5.91 Å². The van der Waals surface area contributed by atoms with E-state index >= 15 is 0 Å². The van der Waals surface area contributed by atoms with Crippen LogP contribution in [0.4, 0.5) is 4.79 Å². The van der Waals surface area contributed by atoms with Crippen molar-refractivity contribution in [3.63, 3.8) is 0 Å². The third-order valence-corrected chi connectivity index (χ3v) is 5.09. The van der Waals surface area contributed by atoms with Crippen molar-refractivity contribution in [1.82, 2.24) is 20.4 Å². The van der Waals surface area contributed by atoms with E-state index in [1.807, 2.05) is 6.92 Å². The number of likely N-dealkylation sites (tertiary alicyclic amines) is 1. The van der Waals surface area contributed by atoms with Crippen LogP contribution in [0.15, 0.2) is 4.99 Å². The van der Waals surface area contributed by atoms with Gasteiger partial charge in [0, 0.05) is 45.9 Å². The van der Waals surface area contributed by atoms with E-state index in [1.165, 1.54) is 4.90 Å². The number of piperidine rings is 1. The van der Waals surface area contributed by atoms with Crippen molar-refractivity contribution in [2.45, 2.75) is 51.3 Å². The lowest BCUT2D eigenvalue weighted by molar-refractivity contribution is -0.127. The number of aliphatic imine (C=N–C) groups is 1. The van der Waals surface area contributed by atoms with E-state index in [4.69, 9.17) is 14.2 Å². The van der Waals surface area contributed by atoms with Gasteiger partial charge in [-0.05, 0) is 33.1 Å². The molecule has 0 aromatic rings. The first kappa shape index (κ1) is 24.2. The molecule has 2 saturated heterocycles. The summed E-state index contributed by atoms with van der Waals surface area (Å²) < 4.78 is 16.3. The van der Waals surface area contributed by atoms with Gasteiger partial charge in [-0.3, -0.25) is 4.79 Å². The Kier molecular flexibility index (Phi) is 10.2. The molecule has 2 heterocycles. The van der Waals surface area contributed by atoms with E-state index in [-0.39, 0.29) is 36.7 Å². The molecule has 2 unspecified atom stereocenters. The van der Waals surface area contributed by atoms with Gasteiger partial charge in [-0.15, -0.1) is 0 Å². The molecule has 0 aliphatic carbocycles. The molecule has 0 radical (unpaired) electrons. The molecule has 0 spiro atoms. The van der Waals surface area contributed by atoms with Crippen LogP contribution in [0.3, 0.4) is 0 Å². The van der Waals surface area contributed by atoms with Crippen molar-refractivity contribution in [3.05, 3.63) is 0 Å². The minimum absolute atomic E-state index is 0.0194. The number of hydrogen-bond donors (Lipinski definition) is 2. The Balaban J connectivity index is 1.86. The number of carbonyl (C=O) groups is 2. The van der Waals surface area contributed by atoms with Gasteiger partial charge >= 0.3 is 6.09 Å². The van der Waals surface area contributed by atoms with Crippen LogP contribution in [-0.4, -0.2) is 106 Å². The van der Waals surface area contributed by atoms with Crippen LogP contribution in [0, 0.1) is 0 Å². The maximum atomic E-state index is 12.0. The quantitative estimate of drug-likeness (QED) is 0.427. The van der Waals surface area contributed by atoms with Crippen LogP contribution in [0.25, 0.3) is 0 Å². The maximum absolute atomic E-state index is 12.0. The second-order valence-electron chi connectivity index (χ2n) is 7.92. The van der Waals surface area contributed by atoms with E-state index in [0.717, 1.165) is 25.9 Å². The van der Waals surface area contributed by atoms with Crippen molar-refractivity contribution in [1.29, 1.82) is 0 Å². The lowest BCUT2D eigenvalue weighted by Gasteiger charge is -2.33. The molecule has 10 nitrogen and oxygen atoms in total. The molecule has 2 aliphatic rings. The first-order valence-electron chi connectivity index (χ1n) is 10.8. The molecule has 2 atom stereocenters. The largest absolute Gasteiger partial charge is 0.450 e. The first-order chi connectivity index (χ1) is 14.4. The molecule has 30 heavy (non-hydrogen) atoms. The molecule has 0 aromatic heterocycles. The molecule has 0 saturated carbocycles. The molecule has 2 N–H and O–H groups in total. The molecule has 2 aliphatic heterocycles. The van der Waals surface area contributed by atoms with Gasteiger partial charge in [0.05, 0.1) is 25.9 Å². The summed E-state index contributed by atoms with van der Waals surface area (Å²) in [5.74, 6) is 0.513. The van der Waals surface area contributed by atoms with Crippen LogP contribution in [0.5, 0.6) is 0 Å². The fourth-order valence-electron chi connectivity index (χ4n) is 3.24. The topological polar surface area (TPSA) is 105 Å². The monoisotopic (exact) mass is 427 g/mol. The van der Waals surface area contributed by atoms with Gasteiger partial charge in [-0.25, -0.2) is 9.79 Å². The molecule has 10 heteroatoms. The molecule has 172 valence electrons. The smallest absolute Gasteiger partial charge is 0.409 e. The number of carbonyl (C=O) groups excluding carboxylic acids is 2. The van der Waals surface area contributed by atoms with E-state index in [0.29, 0.717) is 38.9 Å². The van der Waals surface area contributed by atoms with E-state index < -0.39 is 0 Å². The minimum atomic E-state index is -0.263. The molecule has 0 bridgehead atoms. The second-order valence-corrected chi connectivity index (χ2v) is 7.92. The van der Waals surface area contributed by atoms with Gasteiger partial charge in [0.1, 0.15) is 6.54 Å². The number of nitrogens with zero attached hydrogens (tertiary/aromatic N) is 3. The zero-order valence-corrected chi connectivity index (χ0v) is 18.7. The molecule has 2 rings (SSSR count). The number of nitrogens with one attached hydrogen (secondary N) is 2. The predicted octanol–water partition coefficient (Wildman–Crippen LogP) is 0.425. The Morgan fingerprint density at radius 1 is 1.27 bits per heavy atom. The highest BCUT2D eigenvalue weighted by atomic mass is 16.6. The number of rotatable bonds is 8. The van der Waals surface area contributed by atoms with Crippen LogP contribution >= 0.6 is 0 Å². The highest BCUT2D eigenvalue weighted by molar-refractivity contribution is 5.85. The Bertz CT molecular complexity index is 572. The average Bonchev–Trinajstić information content (AvgIpc) is 3.24. The Morgan fingerprint density at radius 2 is 2.00 bits per heavy atom. The Hall–Kier alpha value is -2.07. The molecule has 0 aromatic carbocycles. The predicted molar refractivity (Wildman–Crippen MR) is 114 cm³/mol. The summed E-state index contributed by atoms with van der Waals surface area (Å²) in [5.41, 5.74) is 0. The summed E-state index contributed by atoms with van der Waals surface area (Å²) in [4.78, 5) is 31.6. The zero-order valence-electron chi connectivity index (χ0n) is 18.7. The van der Waals surface area contributed by atoms with Crippen LogP contribution in [0.1, 0.15) is 33.1 Å². The van der Waals surface area contributed by atoms with E-state index in [9.17, 15) is 9.59 Å². The lowest BCUT2D eigenvalue weighted by Crippen LogP contribution is -2.52. The van der Waals surface area contributed by atoms with E-state index in [1.54, 1.807) is 25.9 Å². The van der Waals surface area contributed by atoms with Crippen LogP contribution < -0.4 is 10.6 Å². The third kappa shape index (κ3) is 8.35. The minimum Gasteiger partial charge on any atom is -0.450 e. The number of amides is 2. The summed E-state index contributed by atoms with van der Waals surface area (Å²) in [6, 6.07) is 0.179. The van der Waals surface area contributed by atoms with Crippen molar-refractivity contribution < 1.29 is 23.8 Å². The average molecular weight is 428 g/mol. The van der Waals surface area contributed by atoms with Crippen molar-refractivity contribution in [3.8, 4) is 0 Å². The summed E-state index contributed by atoms with van der Waals surface area (Å²) in [7, 11) is 3.42. The standard InChI is InChI=1S/C20H37N5O5/c1-5-29-20(27)25-9-6-16(7-10-25)23-19(21-12-18(26)24(3)4)22-15(2)13-30-17-8-11-28-14-17/h15-17H,5-14H2,1-4H3,(H2,21,22,23). The van der Waals surface area contributed by atoms with Gasteiger partial charge in [0.15, 0.2) is 5.96 Å². The molecule has 2 fully saturated rings. The fourth-order valence-corrected chi connectivity index (χ4v) is 3.24. The molecule has 2 amide bonds. The molecular weight excluding hydrogens is 390 g/mol. The Labute approximate surface area is 179 Å². The lowest BCUT2D eigenvalue weighted by atomic mass is 10.1. The van der Waals surface area contributed by atoms with Crippen molar-refractivity contribution in [2.75, 3.05) is 60.2 Å². The van der Waals surface area contributed by atoms with Crippen LogP contribution in [0.2, 0.25) is 0 Å². The summed E-state index contributed by atoms with van der Waals surface area (Å²) >= 11 is 0. The zero-order chi connectivity index (χ0) is 21.9. The van der Waals surface area contributed by atoms with E-state index in [2.05, 4.69) is 15.6 Å². The number of guanidine groups is 1. The third-order valence-electron chi connectivity index (χ3n) is 5.09. The van der Waals surface area contributed by atoms with Gasteiger partial charge in [0.25, 0.3) is 0 Å². The van der Waals surface area contributed by atoms with Crippen molar-refractivity contribution >= 4 is 18.0 Å². The number of ether oxygens (including phenoxy) is 3. The van der Waals surface area contributed by atoms with Gasteiger partial charge < -0.3 is 34.6 Å². The van der Waals surface area contributed by atoms with Crippen molar-refractivity contribution in [2.24, 2.45) is 4.99 Å². The van der Waals surface area contributed by atoms with Gasteiger partial charge in [-0.2, -0.15) is 0 Å². The highest BCUT2D eigenvalue weighted by Crippen LogP contribution is 2.12. The van der Waals surface area contributed by atoms with Crippen LogP contribution in [-0.2, 0) is 19.0 Å². The summed E-state index contributed by atoms with van der Waals surface area (Å²) in [6.45, 7) is 7.43. The normalized spacial score (nSPS) is 21.3.